The van der Waals surface area contributed by atoms with Crippen molar-refractivity contribution in [2.75, 3.05) is 5.32 Å². The molecule has 0 aliphatic rings. The van der Waals surface area contributed by atoms with Crippen LogP contribution < -0.4 is 10.9 Å². The highest BCUT2D eigenvalue weighted by atomic mass is 35.5. The molecule has 1 aromatic carbocycles. The number of hydrogen-bond donors (Lipinski definition) is 1. The summed E-state index contributed by atoms with van der Waals surface area (Å²) in [6.07, 6.45) is 3.30. The predicted molar refractivity (Wildman–Crippen MR) is 106 cm³/mol. The van der Waals surface area contributed by atoms with Gasteiger partial charge in [0.1, 0.15) is 5.82 Å². The molecule has 0 aliphatic heterocycles. The largest absolute Gasteiger partial charge is 0.349 e. The number of nitrogens with one attached hydrogen (secondary N) is 1. The first kappa shape index (κ1) is 18.1. The van der Waals surface area contributed by atoms with Crippen LogP contribution >= 0.6 is 23.2 Å². The maximum atomic E-state index is 12.2. The first-order valence-electron chi connectivity index (χ1n) is 8.24. The Bertz CT molecular complexity index is 1190. The monoisotopic (exact) mass is 413 g/mol. The Morgan fingerprint density at radius 2 is 1.93 bits per heavy atom. The molecule has 1 N–H and O–H groups in total. The number of nitrogens with zero attached hydrogens (tertiary/aromatic N) is 6. The van der Waals surface area contributed by atoms with Gasteiger partial charge in [-0.25, -0.2) is 4.98 Å². The minimum Gasteiger partial charge on any atom is -0.349 e. The third-order valence-electron chi connectivity index (χ3n) is 3.98. The van der Waals surface area contributed by atoms with Crippen molar-refractivity contribution in [2.24, 2.45) is 0 Å². The summed E-state index contributed by atoms with van der Waals surface area (Å²) < 4.78 is 2.94. The van der Waals surface area contributed by atoms with E-state index < -0.39 is 0 Å². The molecule has 8 nitrogen and oxygen atoms in total. The number of benzene rings is 1. The van der Waals surface area contributed by atoms with Gasteiger partial charge in [0.2, 0.25) is 5.95 Å². The molecule has 0 bridgehead atoms. The molecule has 140 valence electrons. The Morgan fingerprint density at radius 1 is 1.04 bits per heavy atom. The number of pyridine rings is 2. The molecule has 0 spiro atoms. The third kappa shape index (κ3) is 3.47. The van der Waals surface area contributed by atoms with Crippen LogP contribution in [0.2, 0.25) is 10.0 Å². The van der Waals surface area contributed by atoms with E-state index in [4.69, 9.17) is 23.2 Å². The van der Waals surface area contributed by atoms with Gasteiger partial charge >= 0.3 is 0 Å². The van der Waals surface area contributed by atoms with Crippen molar-refractivity contribution in [3.63, 3.8) is 0 Å². The average molecular weight is 414 g/mol. The highest BCUT2D eigenvalue weighted by Crippen LogP contribution is 2.29. The summed E-state index contributed by atoms with van der Waals surface area (Å²) in [4.78, 5) is 16.5. The number of anilines is 1. The fourth-order valence-electron chi connectivity index (χ4n) is 2.68. The molecule has 0 radical (unpaired) electrons. The Morgan fingerprint density at radius 3 is 2.79 bits per heavy atom. The van der Waals surface area contributed by atoms with Crippen molar-refractivity contribution in [1.29, 1.82) is 0 Å². The molecular formula is C18H13Cl2N7O. The molecular weight excluding hydrogens is 401 g/mol. The Kier molecular flexibility index (Phi) is 5.05. The quantitative estimate of drug-likeness (QED) is 0.540. The predicted octanol–water partition coefficient (Wildman–Crippen LogP) is 3.13. The van der Waals surface area contributed by atoms with Gasteiger partial charge in [-0.15, -0.1) is 0 Å². The second-order valence-corrected chi connectivity index (χ2v) is 6.52. The molecule has 0 amide bonds. The lowest BCUT2D eigenvalue weighted by Gasteiger charge is -2.12. The van der Waals surface area contributed by atoms with E-state index in [9.17, 15) is 4.79 Å². The summed E-state index contributed by atoms with van der Waals surface area (Å²) in [5, 5.41) is 15.6. The number of tetrazole rings is 1. The van der Waals surface area contributed by atoms with E-state index in [1.165, 1.54) is 15.3 Å². The topological polar surface area (TPSA) is 90.5 Å². The van der Waals surface area contributed by atoms with Gasteiger partial charge in [0.05, 0.1) is 15.7 Å². The van der Waals surface area contributed by atoms with Crippen molar-refractivity contribution in [2.45, 2.75) is 6.54 Å². The minimum atomic E-state index is -0.169. The molecule has 3 heterocycles. The van der Waals surface area contributed by atoms with Crippen LogP contribution in [0.25, 0.3) is 11.5 Å². The lowest BCUT2D eigenvalue weighted by atomic mass is 10.2. The Labute approximate surface area is 169 Å². The van der Waals surface area contributed by atoms with Crippen molar-refractivity contribution in [3.8, 4) is 11.5 Å². The average Bonchev–Trinajstić information content (AvgIpc) is 3.17. The highest BCUT2D eigenvalue weighted by Gasteiger charge is 2.14. The molecule has 10 heteroatoms. The molecule has 0 aliphatic carbocycles. The van der Waals surface area contributed by atoms with Crippen molar-refractivity contribution < 1.29 is 0 Å². The van der Waals surface area contributed by atoms with Crippen molar-refractivity contribution in [3.05, 3.63) is 86.9 Å². The summed E-state index contributed by atoms with van der Waals surface area (Å²) in [5.41, 5.74) is 1.17. The number of halogens is 2. The Hall–Kier alpha value is -3.23. The van der Waals surface area contributed by atoms with E-state index in [0.717, 1.165) is 5.56 Å². The van der Waals surface area contributed by atoms with Crippen LogP contribution in [0.3, 0.4) is 0 Å². The minimum absolute atomic E-state index is 0.169. The highest BCUT2D eigenvalue weighted by molar-refractivity contribution is 6.43. The van der Waals surface area contributed by atoms with Crippen LogP contribution in [0.15, 0.2) is 65.7 Å². The van der Waals surface area contributed by atoms with Gasteiger partial charge in [0.25, 0.3) is 5.56 Å². The van der Waals surface area contributed by atoms with Crippen molar-refractivity contribution in [1.82, 2.24) is 29.8 Å². The summed E-state index contributed by atoms with van der Waals surface area (Å²) in [6.45, 7) is 0.336. The second-order valence-electron chi connectivity index (χ2n) is 5.74. The lowest BCUT2D eigenvalue weighted by molar-refractivity contribution is 0.789. The van der Waals surface area contributed by atoms with Gasteiger partial charge < -0.3 is 5.32 Å². The van der Waals surface area contributed by atoms with Crippen LogP contribution in [0.5, 0.6) is 0 Å². The van der Waals surface area contributed by atoms with Crippen LogP contribution in [0.4, 0.5) is 5.95 Å². The van der Waals surface area contributed by atoms with Gasteiger partial charge in [0, 0.05) is 30.6 Å². The van der Waals surface area contributed by atoms with Gasteiger partial charge in [-0.05, 0) is 34.7 Å². The zero-order chi connectivity index (χ0) is 19.5. The number of hydrogen-bond acceptors (Lipinski definition) is 6. The van der Waals surface area contributed by atoms with E-state index in [1.54, 1.807) is 48.8 Å². The van der Waals surface area contributed by atoms with Crippen LogP contribution in [-0.2, 0) is 6.54 Å². The second kappa shape index (κ2) is 7.79. The summed E-state index contributed by atoms with van der Waals surface area (Å²) >= 11 is 12.4. The van der Waals surface area contributed by atoms with E-state index in [-0.39, 0.29) is 5.56 Å². The maximum absolute atomic E-state index is 12.2. The Balaban J connectivity index is 1.65. The lowest BCUT2D eigenvalue weighted by Crippen LogP contribution is -2.19. The smallest absolute Gasteiger partial charge is 0.256 e. The van der Waals surface area contributed by atoms with E-state index in [0.29, 0.717) is 34.0 Å². The summed E-state index contributed by atoms with van der Waals surface area (Å²) in [6, 6.07) is 13.8. The van der Waals surface area contributed by atoms with Crippen LogP contribution in [-0.4, -0.2) is 29.8 Å². The standard InChI is InChI=1S/C18H13Cl2N7O/c19-13-6-3-7-14(16(13)20)27-18(23-24-25-27)22-11-12-5-4-9-21-17(12)26-10-2-1-8-15(26)28/h1-10H,11H2,(H,22,23,25). The first-order chi connectivity index (χ1) is 13.6. The fraction of sp³-hybridized carbons (Fsp3) is 0.0556. The fourth-order valence-corrected chi connectivity index (χ4v) is 3.05. The van der Waals surface area contributed by atoms with Gasteiger partial charge in [-0.1, -0.05) is 46.5 Å². The van der Waals surface area contributed by atoms with E-state index in [1.807, 2.05) is 6.07 Å². The molecule has 28 heavy (non-hydrogen) atoms. The van der Waals surface area contributed by atoms with Crippen LogP contribution in [0.1, 0.15) is 5.56 Å². The molecule has 4 rings (SSSR count). The number of aromatic nitrogens is 6. The van der Waals surface area contributed by atoms with E-state index >= 15 is 0 Å². The van der Waals surface area contributed by atoms with Crippen LogP contribution in [0, 0.1) is 0 Å². The number of rotatable bonds is 5. The van der Waals surface area contributed by atoms with Gasteiger partial charge in [0.15, 0.2) is 0 Å². The zero-order valence-corrected chi connectivity index (χ0v) is 15.8. The molecule has 0 saturated carbocycles. The molecule has 0 fully saturated rings. The molecule has 4 aromatic rings. The first-order valence-corrected chi connectivity index (χ1v) is 8.99. The van der Waals surface area contributed by atoms with Gasteiger partial charge in [-0.2, -0.15) is 4.68 Å². The van der Waals surface area contributed by atoms with E-state index in [2.05, 4.69) is 25.8 Å². The molecule has 3 aromatic heterocycles. The normalized spacial score (nSPS) is 10.8. The zero-order valence-electron chi connectivity index (χ0n) is 14.3. The summed E-state index contributed by atoms with van der Waals surface area (Å²) in [7, 11) is 0. The maximum Gasteiger partial charge on any atom is 0.256 e. The van der Waals surface area contributed by atoms with Crippen molar-refractivity contribution >= 4 is 29.2 Å². The SMILES string of the molecule is O=c1ccccn1-c1ncccc1CNc1nnnn1-c1cccc(Cl)c1Cl. The summed E-state index contributed by atoms with van der Waals surface area (Å²) in [5.74, 6) is 0.903. The van der Waals surface area contributed by atoms with Gasteiger partial charge in [-0.3, -0.25) is 9.36 Å². The molecule has 0 saturated heterocycles. The molecule has 0 unspecified atom stereocenters. The molecule has 0 atom stereocenters. The third-order valence-corrected chi connectivity index (χ3v) is 4.79.